The molecule has 2 N–H and O–H groups in total. The van der Waals surface area contributed by atoms with Crippen LogP contribution in [0.4, 0.5) is 0 Å². The quantitative estimate of drug-likeness (QED) is 0.411. The van der Waals surface area contributed by atoms with Crippen molar-refractivity contribution in [1.82, 2.24) is 0 Å². The summed E-state index contributed by atoms with van der Waals surface area (Å²) in [6.07, 6.45) is 2.72. The number of hydrogen-bond acceptors (Lipinski definition) is 4. The van der Waals surface area contributed by atoms with Crippen molar-refractivity contribution in [2.45, 2.75) is 20.3 Å². The second-order valence-corrected chi connectivity index (χ2v) is 3.13. The second kappa shape index (κ2) is 7.48. The normalized spacial score (nSPS) is 11.4. The second-order valence-electron chi connectivity index (χ2n) is 2.23. The van der Waals surface area contributed by atoms with Crippen molar-refractivity contribution in [3.63, 3.8) is 0 Å². The van der Waals surface area contributed by atoms with Gasteiger partial charge in [-0.05, 0) is 13.3 Å². The molecule has 0 aliphatic heterocycles. The predicted molar refractivity (Wildman–Crippen MR) is 50.2 cm³/mol. The smallest absolute Gasteiger partial charge is 0.394 e. The standard InChI is InChI=1S/C7H12O2.H2O4S/c1-4-5-6(2)7(8)9-3;1-5(2,3)4/h5H,4H2,1-3H3;(H2,1,2,3,4). The summed E-state index contributed by atoms with van der Waals surface area (Å²) in [5.41, 5.74) is 0.681. The highest BCUT2D eigenvalue weighted by molar-refractivity contribution is 7.79. The fourth-order valence-electron chi connectivity index (χ4n) is 0.551. The number of esters is 1. The van der Waals surface area contributed by atoms with Crippen molar-refractivity contribution in [1.29, 1.82) is 0 Å². The Balaban J connectivity index is 0. The van der Waals surface area contributed by atoms with Gasteiger partial charge in [0.1, 0.15) is 0 Å². The molecule has 0 amide bonds. The number of carbonyl (C=O) groups is 1. The number of ether oxygens (including phenoxy) is 1. The number of methoxy groups -OCH3 is 1. The molecule has 0 aromatic carbocycles. The number of carbonyl (C=O) groups excluding carboxylic acids is 1. The average molecular weight is 226 g/mol. The lowest BCUT2D eigenvalue weighted by atomic mass is 10.2. The summed E-state index contributed by atoms with van der Waals surface area (Å²) in [7, 11) is -3.28. The van der Waals surface area contributed by atoms with Crippen LogP contribution in [0.25, 0.3) is 0 Å². The van der Waals surface area contributed by atoms with Gasteiger partial charge in [0, 0.05) is 5.57 Å². The number of hydrogen-bond donors (Lipinski definition) is 2. The predicted octanol–water partition coefficient (Wildman–Crippen LogP) is 0.863. The minimum Gasteiger partial charge on any atom is -0.466 e. The molecule has 0 spiro atoms. The first kappa shape index (κ1) is 15.5. The average Bonchev–Trinajstić information content (AvgIpc) is 2.00. The van der Waals surface area contributed by atoms with E-state index in [1.54, 1.807) is 6.92 Å². The third-order valence-corrected chi connectivity index (χ3v) is 1.02. The van der Waals surface area contributed by atoms with Crippen LogP contribution in [0.2, 0.25) is 0 Å². The zero-order valence-electron chi connectivity index (χ0n) is 8.22. The number of allylic oxidation sites excluding steroid dienone is 1. The maximum Gasteiger partial charge on any atom is 0.394 e. The van der Waals surface area contributed by atoms with Gasteiger partial charge in [0.25, 0.3) is 0 Å². The van der Waals surface area contributed by atoms with Gasteiger partial charge in [-0.25, -0.2) is 4.79 Å². The van der Waals surface area contributed by atoms with Crippen LogP contribution in [-0.4, -0.2) is 30.6 Å². The van der Waals surface area contributed by atoms with Gasteiger partial charge in [-0.15, -0.1) is 0 Å². The molecular weight excluding hydrogens is 212 g/mol. The molecule has 0 saturated heterocycles. The molecule has 6 nitrogen and oxygen atoms in total. The third-order valence-electron chi connectivity index (χ3n) is 1.02. The molecule has 0 saturated carbocycles. The molecule has 0 unspecified atom stereocenters. The van der Waals surface area contributed by atoms with Crippen molar-refractivity contribution in [2.75, 3.05) is 7.11 Å². The number of rotatable bonds is 2. The van der Waals surface area contributed by atoms with Crippen molar-refractivity contribution in [3.05, 3.63) is 11.6 Å². The lowest BCUT2D eigenvalue weighted by Gasteiger charge is -1.95. The van der Waals surface area contributed by atoms with E-state index in [-0.39, 0.29) is 5.97 Å². The van der Waals surface area contributed by atoms with Crippen LogP contribution in [0.15, 0.2) is 11.6 Å². The van der Waals surface area contributed by atoms with Gasteiger partial charge in [0.05, 0.1) is 7.11 Å². The molecule has 84 valence electrons. The first-order valence-electron chi connectivity index (χ1n) is 3.67. The van der Waals surface area contributed by atoms with Crippen LogP contribution in [0.5, 0.6) is 0 Å². The molecule has 0 fully saturated rings. The van der Waals surface area contributed by atoms with E-state index in [9.17, 15) is 4.79 Å². The zero-order valence-corrected chi connectivity index (χ0v) is 9.04. The molecule has 0 aliphatic carbocycles. The largest absolute Gasteiger partial charge is 0.466 e. The Morgan fingerprint density at radius 3 is 2.00 bits per heavy atom. The highest BCUT2D eigenvalue weighted by Crippen LogP contribution is 1.96. The molecule has 0 radical (unpaired) electrons. The van der Waals surface area contributed by atoms with Crippen molar-refractivity contribution < 1.29 is 27.1 Å². The summed E-state index contributed by atoms with van der Waals surface area (Å²) in [5.74, 6) is -0.239. The Hall–Kier alpha value is -0.920. The van der Waals surface area contributed by atoms with Crippen molar-refractivity contribution >= 4 is 16.4 Å². The van der Waals surface area contributed by atoms with Crippen LogP contribution < -0.4 is 0 Å². The van der Waals surface area contributed by atoms with Gasteiger partial charge >= 0.3 is 16.4 Å². The Morgan fingerprint density at radius 1 is 1.43 bits per heavy atom. The van der Waals surface area contributed by atoms with Gasteiger partial charge < -0.3 is 4.74 Å². The lowest BCUT2D eigenvalue weighted by molar-refractivity contribution is -0.136. The van der Waals surface area contributed by atoms with Gasteiger partial charge in [0.2, 0.25) is 0 Å². The van der Waals surface area contributed by atoms with Crippen LogP contribution in [0.1, 0.15) is 20.3 Å². The monoisotopic (exact) mass is 226 g/mol. The summed E-state index contributed by atoms with van der Waals surface area (Å²) >= 11 is 0. The molecule has 0 heterocycles. The SMILES string of the molecule is CCC=C(C)C(=O)OC.O=S(=O)(O)O. The van der Waals surface area contributed by atoms with Crippen molar-refractivity contribution in [3.8, 4) is 0 Å². The maximum absolute atomic E-state index is 10.6. The first-order valence-corrected chi connectivity index (χ1v) is 5.07. The zero-order chi connectivity index (χ0) is 11.8. The Bertz CT molecular complexity index is 281. The molecule has 0 aliphatic rings. The molecular formula is C7H14O6S. The lowest BCUT2D eigenvalue weighted by Crippen LogP contribution is -2.00. The van der Waals surface area contributed by atoms with E-state index >= 15 is 0 Å². The Labute approximate surface area is 83.2 Å². The molecule has 7 heteroatoms. The van der Waals surface area contributed by atoms with Crippen LogP contribution in [0, 0.1) is 0 Å². The van der Waals surface area contributed by atoms with E-state index in [2.05, 4.69) is 4.74 Å². The highest BCUT2D eigenvalue weighted by atomic mass is 32.3. The van der Waals surface area contributed by atoms with E-state index in [1.807, 2.05) is 13.0 Å². The van der Waals surface area contributed by atoms with E-state index in [0.717, 1.165) is 6.42 Å². The molecule has 14 heavy (non-hydrogen) atoms. The summed E-state index contributed by atoms with van der Waals surface area (Å²) in [5, 5.41) is 0. The van der Waals surface area contributed by atoms with E-state index in [4.69, 9.17) is 17.5 Å². The van der Waals surface area contributed by atoms with Gasteiger partial charge in [-0.1, -0.05) is 13.0 Å². The third kappa shape index (κ3) is 17.2. The molecule has 0 bridgehead atoms. The Morgan fingerprint density at radius 2 is 1.79 bits per heavy atom. The molecule has 0 atom stereocenters. The van der Waals surface area contributed by atoms with E-state index < -0.39 is 10.4 Å². The topological polar surface area (TPSA) is 101 Å². The summed E-state index contributed by atoms with van der Waals surface area (Å²) < 4.78 is 36.0. The summed E-state index contributed by atoms with van der Waals surface area (Å²) in [6, 6.07) is 0. The van der Waals surface area contributed by atoms with E-state index in [0.29, 0.717) is 5.57 Å². The van der Waals surface area contributed by atoms with Crippen molar-refractivity contribution in [2.24, 2.45) is 0 Å². The van der Waals surface area contributed by atoms with Crippen LogP contribution in [0.3, 0.4) is 0 Å². The summed E-state index contributed by atoms with van der Waals surface area (Å²) in [4.78, 5) is 10.6. The van der Waals surface area contributed by atoms with E-state index in [1.165, 1.54) is 7.11 Å². The first-order chi connectivity index (χ1) is 6.22. The van der Waals surface area contributed by atoms with Crippen LogP contribution in [-0.2, 0) is 19.9 Å². The van der Waals surface area contributed by atoms with Gasteiger partial charge in [-0.2, -0.15) is 8.42 Å². The molecule has 0 aromatic rings. The van der Waals surface area contributed by atoms with Gasteiger partial charge in [0.15, 0.2) is 0 Å². The summed E-state index contributed by atoms with van der Waals surface area (Å²) in [6.45, 7) is 3.72. The van der Waals surface area contributed by atoms with Crippen LogP contribution >= 0.6 is 0 Å². The minimum atomic E-state index is -4.67. The Kier molecular flexibility index (Phi) is 8.31. The minimum absolute atomic E-state index is 0.239. The molecule has 0 aromatic heterocycles. The fraction of sp³-hybridized carbons (Fsp3) is 0.571. The van der Waals surface area contributed by atoms with Gasteiger partial charge in [-0.3, -0.25) is 9.11 Å². The highest BCUT2D eigenvalue weighted by Gasteiger charge is 1.99. The molecule has 0 rings (SSSR count). The fourth-order valence-corrected chi connectivity index (χ4v) is 0.551. The maximum atomic E-state index is 10.6.